The van der Waals surface area contributed by atoms with Gasteiger partial charge in [0.15, 0.2) is 0 Å². The van der Waals surface area contributed by atoms with Crippen molar-refractivity contribution in [2.24, 2.45) is 0 Å². The Labute approximate surface area is 126 Å². The third-order valence-electron chi connectivity index (χ3n) is 4.13. The van der Waals surface area contributed by atoms with Gasteiger partial charge >= 0.3 is 0 Å². The molecule has 2 nitrogen and oxygen atoms in total. The van der Waals surface area contributed by atoms with Gasteiger partial charge in [0.1, 0.15) is 0 Å². The predicted octanol–water partition coefficient (Wildman–Crippen LogP) is 4.44. The van der Waals surface area contributed by atoms with E-state index in [2.05, 4.69) is 86.4 Å². The van der Waals surface area contributed by atoms with Gasteiger partial charge in [0.05, 0.1) is 6.04 Å². The molecule has 1 aromatic heterocycles. The number of aromatic nitrogens is 1. The van der Waals surface area contributed by atoms with Crippen molar-refractivity contribution in [1.82, 2.24) is 9.88 Å². The minimum atomic E-state index is 0.266. The highest BCUT2D eigenvalue weighted by molar-refractivity contribution is 5.85. The predicted molar refractivity (Wildman–Crippen MR) is 89.7 cm³/mol. The maximum Gasteiger partial charge on any atom is 0.0620 e. The first-order valence-electron chi connectivity index (χ1n) is 7.38. The molecule has 108 valence electrons. The molecule has 2 heteroatoms. The molecule has 1 N–H and O–H groups in total. The van der Waals surface area contributed by atoms with E-state index in [1.165, 1.54) is 33.3 Å². The quantitative estimate of drug-likeness (QED) is 0.750. The van der Waals surface area contributed by atoms with Gasteiger partial charge in [-0.25, -0.2) is 0 Å². The van der Waals surface area contributed by atoms with Crippen LogP contribution in [-0.4, -0.2) is 24.0 Å². The van der Waals surface area contributed by atoms with Gasteiger partial charge < -0.3 is 4.98 Å². The van der Waals surface area contributed by atoms with E-state index >= 15 is 0 Å². The van der Waals surface area contributed by atoms with Crippen LogP contribution in [0.2, 0.25) is 0 Å². The van der Waals surface area contributed by atoms with Crippen LogP contribution in [0.3, 0.4) is 0 Å². The highest BCUT2D eigenvalue weighted by Crippen LogP contribution is 2.34. The summed E-state index contributed by atoms with van der Waals surface area (Å²) in [7, 11) is 4.29. The maximum atomic E-state index is 3.52. The van der Waals surface area contributed by atoms with E-state index in [0.717, 1.165) is 0 Å². The Bertz CT molecular complexity index is 751. The lowest BCUT2D eigenvalue weighted by Gasteiger charge is -2.26. The Morgan fingerprint density at radius 2 is 1.57 bits per heavy atom. The third-order valence-corrected chi connectivity index (χ3v) is 4.13. The van der Waals surface area contributed by atoms with Gasteiger partial charge in [0.2, 0.25) is 0 Å². The van der Waals surface area contributed by atoms with Gasteiger partial charge in [-0.15, -0.1) is 0 Å². The summed E-state index contributed by atoms with van der Waals surface area (Å²) >= 11 is 0. The van der Waals surface area contributed by atoms with Gasteiger partial charge in [0, 0.05) is 22.2 Å². The molecule has 0 aliphatic carbocycles. The number of nitrogens with zero attached hydrogens (tertiary/aromatic N) is 1. The number of hydrogen-bond acceptors (Lipinski definition) is 1. The SMILES string of the molecule is Cc1ccc(C(c2c(C)[nH]c3ccccc23)N(C)C)cc1. The molecule has 0 amide bonds. The van der Waals surface area contributed by atoms with E-state index < -0.39 is 0 Å². The number of aromatic amines is 1. The van der Waals surface area contributed by atoms with Crippen LogP contribution >= 0.6 is 0 Å². The molecular formula is C19H22N2. The molecule has 3 rings (SSSR count). The minimum Gasteiger partial charge on any atom is -0.358 e. The number of para-hydroxylation sites is 1. The van der Waals surface area contributed by atoms with Crippen molar-refractivity contribution >= 4 is 10.9 Å². The molecule has 0 radical (unpaired) electrons. The van der Waals surface area contributed by atoms with Crippen LogP contribution in [0.15, 0.2) is 48.5 Å². The molecule has 0 spiro atoms. The number of nitrogens with one attached hydrogen (secondary N) is 1. The molecule has 0 bridgehead atoms. The van der Waals surface area contributed by atoms with Crippen molar-refractivity contribution in [2.75, 3.05) is 14.1 Å². The number of aryl methyl sites for hydroxylation is 2. The summed E-state index contributed by atoms with van der Waals surface area (Å²) in [6.07, 6.45) is 0. The lowest BCUT2D eigenvalue weighted by molar-refractivity contribution is 0.343. The number of hydrogen-bond donors (Lipinski definition) is 1. The molecule has 21 heavy (non-hydrogen) atoms. The second-order valence-corrected chi connectivity index (χ2v) is 5.99. The van der Waals surface area contributed by atoms with Crippen molar-refractivity contribution in [3.8, 4) is 0 Å². The van der Waals surface area contributed by atoms with Gasteiger partial charge in [0.25, 0.3) is 0 Å². The Balaban J connectivity index is 2.20. The highest BCUT2D eigenvalue weighted by atomic mass is 15.1. The monoisotopic (exact) mass is 278 g/mol. The smallest absolute Gasteiger partial charge is 0.0620 e. The molecule has 0 aliphatic heterocycles. The van der Waals surface area contributed by atoms with Crippen molar-refractivity contribution in [2.45, 2.75) is 19.9 Å². The Morgan fingerprint density at radius 3 is 2.24 bits per heavy atom. The lowest BCUT2D eigenvalue weighted by atomic mass is 9.94. The van der Waals surface area contributed by atoms with Crippen LogP contribution in [0, 0.1) is 13.8 Å². The molecule has 3 aromatic rings. The summed E-state index contributed by atoms with van der Waals surface area (Å²) in [5.74, 6) is 0. The van der Waals surface area contributed by atoms with E-state index in [9.17, 15) is 0 Å². The molecule has 1 heterocycles. The van der Waals surface area contributed by atoms with Crippen molar-refractivity contribution < 1.29 is 0 Å². The molecule has 0 aliphatic rings. The fourth-order valence-electron chi connectivity index (χ4n) is 3.12. The minimum absolute atomic E-state index is 0.266. The molecule has 1 atom stereocenters. The molecule has 2 aromatic carbocycles. The topological polar surface area (TPSA) is 19.0 Å². The second-order valence-electron chi connectivity index (χ2n) is 5.99. The lowest BCUT2D eigenvalue weighted by Crippen LogP contribution is -2.21. The number of rotatable bonds is 3. The van der Waals surface area contributed by atoms with Crippen LogP contribution < -0.4 is 0 Å². The Kier molecular flexibility index (Phi) is 3.56. The summed E-state index contributed by atoms with van der Waals surface area (Å²) in [6, 6.07) is 17.7. The summed E-state index contributed by atoms with van der Waals surface area (Å²) < 4.78 is 0. The average molecular weight is 278 g/mol. The number of benzene rings is 2. The van der Waals surface area contributed by atoms with Crippen LogP contribution in [0.1, 0.15) is 28.4 Å². The first-order chi connectivity index (χ1) is 10.1. The van der Waals surface area contributed by atoms with E-state index in [0.29, 0.717) is 0 Å². The molecule has 1 unspecified atom stereocenters. The van der Waals surface area contributed by atoms with Crippen LogP contribution in [0.5, 0.6) is 0 Å². The molecule has 0 saturated heterocycles. The zero-order valence-corrected chi connectivity index (χ0v) is 13.1. The number of fused-ring (bicyclic) bond motifs is 1. The Hall–Kier alpha value is -2.06. The van der Waals surface area contributed by atoms with Crippen LogP contribution in [-0.2, 0) is 0 Å². The first-order valence-corrected chi connectivity index (χ1v) is 7.38. The fraction of sp³-hybridized carbons (Fsp3) is 0.263. The van der Waals surface area contributed by atoms with E-state index in [4.69, 9.17) is 0 Å². The molecule has 0 fully saturated rings. The van der Waals surface area contributed by atoms with Crippen molar-refractivity contribution in [1.29, 1.82) is 0 Å². The average Bonchev–Trinajstić information content (AvgIpc) is 2.78. The summed E-state index contributed by atoms with van der Waals surface area (Å²) in [5, 5.41) is 1.31. The zero-order valence-electron chi connectivity index (χ0n) is 13.1. The summed E-state index contributed by atoms with van der Waals surface area (Å²) in [6.45, 7) is 4.30. The maximum absolute atomic E-state index is 3.52. The summed E-state index contributed by atoms with van der Waals surface area (Å²) in [5.41, 5.74) is 6.46. The van der Waals surface area contributed by atoms with E-state index in [-0.39, 0.29) is 6.04 Å². The standard InChI is InChI=1S/C19H22N2/c1-13-9-11-15(12-10-13)19(21(3)4)18-14(2)20-17-8-6-5-7-16(17)18/h5-12,19-20H,1-4H3. The summed E-state index contributed by atoms with van der Waals surface area (Å²) in [4.78, 5) is 5.80. The van der Waals surface area contributed by atoms with Gasteiger partial charge in [-0.05, 0) is 39.6 Å². The van der Waals surface area contributed by atoms with Crippen molar-refractivity contribution in [3.63, 3.8) is 0 Å². The van der Waals surface area contributed by atoms with Crippen LogP contribution in [0.25, 0.3) is 10.9 Å². The van der Waals surface area contributed by atoms with E-state index in [1.807, 2.05) is 0 Å². The van der Waals surface area contributed by atoms with Gasteiger partial charge in [-0.3, -0.25) is 4.90 Å². The highest BCUT2D eigenvalue weighted by Gasteiger charge is 2.22. The second kappa shape index (κ2) is 5.38. The number of H-pyrrole nitrogens is 1. The molecule has 0 saturated carbocycles. The van der Waals surface area contributed by atoms with Gasteiger partial charge in [-0.1, -0.05) is 48.0 Å². The fourth-order valence-corrected chi connectivity index (χ4v) is 3.12. The first kappa shape index (κ1) is 13.9. The largest absolute Gasteiger partial charge is 0.358 e. The molecular weight excluding hydrogens is 256 g/mol. The Morgan fingerprint density at radius 1 is 0.905 bits per heavy atom. The zero-order chi connectivity index (χ0) is 15.0. The third kappa shape index (κ3) is 2.47. The van der Waals surface area contributed by atoms with Crippen LogP contribution in [0.4, 0.5) is 0 Å². The van der Waals surface area contributed by atoms with Gasteiger partial charge in [-0.2, -0.15) is 0 Å². The normalized spacial score (nSPS) is 13.0. The van der Waals surface area contributed by atoms with Crippen molar-refractivity contribution in [3.05, 3.63) is 70.9 Å². The van der Waals surface area contributed by atoms with E-state index in [1.54, 1.807) is 0 Å².